The molecule has 4 rings (SSSR count). The first kappa shape index (κ1) is 23.1. The number of benzene rings is 1. The van der Waals surface area contributed by atoms with Gasteiger partial charge in [0.15, 0.2) is 6.04 Å². The fourth-order valence-electron chi connectivity index (χ4n) is 4.30. The van der Waals surface area contributed by atoms with Crippen molar-refractivity contribution in [2.45, 2.75) is 57.7 Å². The summed E-state index contributed by atoms with van der Waals surface area (Å²) in [6, 6.07) is 14.1. The average molecular weight is 467 g/mol. The molecule has 1 aliphatic rings. The van der Waals surface area contributed by atoms with Crippen molar-refractivity contribution in [3.05, 3.63) is 75.9 Å². The van der Waals surface area contributed by atoms with E-state index in [1.165, 1.54) is 17.8 Å². The summed E-state index contributed by atoms with van der Waals surface area (Å²) < 4.78 is 11.2. The fourth-order valence-corrected chi connectivity index (χ4v) is 4.98. The van der Waals surface area contributed by atoms with Gasteiger partial charge >= 0.3 is 0 Å². The van der Waals surface area contributed by atoms with Gasteiger partial charge in [0.1, 0.15) is 17.3 Å². The van der Waals surface area contributed by atoms with Gasteiger partial charge in [-0.15, -0.1) is 11.3 Å². The van der Waals surface area contributed by atoms with E-state index >= 15 is 0 Å². The van der Waals surface area contributed by atoms with E-state index in [0.29, 0.717) is 16.4 Å². The van der Waals surface area contributed by atoms with E-state index in [-0.39, 0.29) is 24.4 Å². The third-order valence-electron chi connectivity index (χ3n) is 6.05. The molecule has 1 fully saturated rings. The molecule has 0 unspecified atom stereocenters. The van der Waals surface area contributed by atoms with Crippen LogP contribution in [0.25, 0.3) is 0 Å². The lowest BCUT2D eigenvalue weighted by molar-refractivity contribution is -0.127. The molecule has 7 heteroatoms. The van der Waals surface area contributed by atoms with Crippen LogP contribution in [0.4, 0.5) is 0 Å². The van der Waals surface area contributed by atoms with Gasteiger partial charge in [0, 0.05) is 12.6 Å². The van der Waals surface area contributed by atoms with Crippen LogP contribution in [0.3, 0.4) is 0 Å². The molecule has 3 aromatic rings. The number of amides is 2. The quantitative estimate of drug-likeness (QED) is 0.476. The van der Waals surface area contributed by atoms with Crippen LogP contribution in [0.5, 0.6) is 5.75 Å². The molecule has 0 bridgehead atoms. The van der Waals surface area contributed by atoms with Gasteiger partial charge in [0.05, 0.1) is 12.0 Å². The lowest BCUT2D eigenvalue weighted by Crippen LogP contribution is -2.46. The number of rotatable bonds is 8. The standard InChI is InChI=1S/C26H30N2O4S/c1-18-10-15-22(32-18)24(25(29)27-20-7-4-3-5-8-20)28(26(30)23-9-6-16-33-23)17-19-11-13-21(31-2)14-12-19/h6,9-16,20,24H,3-5,7-8,17H2,1-2H3,(H,27,29)/t24-/m0/s1. The fraction of sp³-hybridized carbons (Fsp3) is 0.385. The van der Waals surface area contributed by atoms with E-state index in [9.17, 15) is 9.59 Å². The maximum atomic E-state index is 13.6. The second kappa shape index (κ2) is 10.7. The van der Waals surface area contributed by atoms with Gasteiger partial charge in [-0.2, -0.15) is 0 Å². The number of nitrogens with one attached hydrogen (secondary N) is 1. The number of carbonyl (C=O) groups excluding carboxylic acids is 2. The van der Waals surface area contributed by atoms with Gasteiger partial charge in [-0.1, -0.05) is 37.5 Å². The van der Waals surface area contributed by atoms with Crippen molar-refractivity contribution >= 4 is 23.2 Å². The number of furan rings is 1. The smallest absolute Gasteiger partial charge is 0.265 e. The minimum atomic E-state index is -0.864. The summed E-state index contributed by atoms with van der Waals surface area (Å²) in [5.41, 5.74) is 0.902. The summed E-state index contributed by atoms with van der Waals surface area (Å²) in [6.45, 7) is 2.11. The first-order chi connectivity index (χ1) is 16.0. The van der Waals surface area contributed by atoms with Gasteiger partial charge < -0.3 is 19.4 Å². The van der Waals surface area contributed by atoms with Crippen molar-refractivity contribution in [3.8, 4) is 5.75 Å². The number of thiophene rings is 1. The van der Waals surface area contributed by atoms with Gasteiger partial charge in [-0.25, -0.2) is 0 Å². The van der Waals surface area contributed by atoms with Crippen LogP contribution in [0.15, 0.2) is 58.3 Å². The van der Waals surface area contributed by atoms with Gasteiger partial charge in [-0.05, 0) is 61.0 Å². The van der Waals surface area contributed by atoms with Crippen LogP contribution in [0, 0.1) is 6.92 Å². The SMILES string of the molecule is COc1ccc(CN(C(=O)c2cccs2)[C@H](C(=O)NC2CCCCC2)c2ccc(C)o2)cc1. The van der Waals surface area contributed by atoms with Crippen molar-refractivity contribution in [1.82, 2.24) is 10.2 Å². The molecule has 2 heterocycles. The number of aryl methyl sites for hydroxylation is 1. The Hall–Kier alpha value is -3.06. The van der Waals surface area contributed by atoms with Crippen LogP contribution >= 0.6 is 11.3 Å². The molecule has 1 aromatic carbocycles. The number of nitrogens with zero attached hydrogens (tertiary/aromatic N) is 1. The van der Waals surface area contributed by atoms with E-state index in [1.54, 1.807) is 24.1 Å². The summed E-state index contributed by atoms with van der Waals surface area (Å²) in [5.74, 6) is 1.52. The second-order valence-corrected chi connectivity index (χ2v) is 9.40. The predicted octanol–water partition coefficient (Wildman–Crippen LogP) is 5.49. The molecule has 0 saturated heterocycles. The Morgan fingerprint density at radius 2 is 1.88 bits per heavy atom. The Morgan fingerprint density at radius 1 is 1.12 bits per heavy atom. The summed E-state index contributed by atoms with van der Waals surface area (Å²) in [5, 5.41) is 5.07. The second-order valence-electron chi connectivity index (χ2n) is 8.45. The van der Waals surface area contributed by atoms with Crippen molar-refractivity contribution < 1.29 is 18.7 Å². The highest BCUT2D eigenvalue weighted by molar-refractivity contribution is 7.12. The molecule has 0 aliphatic heterocycles. The van der Waals surface area contributed by atoms with Crippen LogP contribution in [0.1, 0.15) is 64.9 Å². The summed E-state index contributed by atoms with van der Waals surface area (Å²) >= 11 is 1.37. The first-order valence-electron chi connectivity index (χ1n) is 11.4. The molecule has 2 aromatic heterocycles. The topological polar surface area (TPSA) is 71.8 Å². The molecule has 33 heavy (non-hydrogen) atoms. The van der Waals surface area contributed by atoms with Gasteiger partial charge in [0.2, 0.25) is 0 Å². The average Bonchev–Trinajstić information content (AvgIpc) is 3.52. The summed E-state index contributed by atoms with van der Waals surface area (Å²) in [6.07, 6.45) is 5.35. The number of hydrogen-bond donors (Lipinski definition) is 1. The van der Waals surface area contributed by atoms with Crippen LogP contribution in [-0.4, -0.2) is 29.9 Å². The number of carbonyl (C=O) groups is 2. The predicted molar refractivity (Wildman–Crippen MR) is 128 cm³/mol. The number of hydrogen-bond acceptors (Lipinski definition) is 5. The summed E-state index contributed by atoms with van der Waals surface area (Å²) in [4.78, 5) is 29.5. The Bertz CT molecular complexity index is 1050. The first-order valence-corrected chi connectivity index (χ1v) is 12.3. The minimum absolute atomic E-state index is 0.129. The zero-order valence-corrected chi connectivity index (χ0v) is 19.9. The number of methoxy groups -OCH3 is 1. The van der Waals surface area contributed by atoms with Crippen molar-refractivity contribution in [2.24, 2.45) is 0 Å². The van der Waals surface area contributed by atoms with E-state index in [1.807, 2.05) is 48.7 Å². The molecule has 6 nitrogen and oxygen atoms in total. The highest BCUT2D eigenvalue weighted by atomic mass is 32.1. The van der Waals surface area contributed by atoms with Crippen LogP contribution in [0.2, 0.25) is 0 Å². The van der Waals surface area contributed by atoms with Crippen LogP contribution < -0.4 is 10.1 Å². The minimum Gasteiger partial charge on any atom is -0.497 e. The lowest BCUT2D eigenvalue weighted by atomic mass is 9.95. The lowest BCUT2D eigenvalue weighted by Gasteiger charge is -2.32. The third kappa shape index (κ3) is 5.66. The van der Waals surface area contributed by atoms with E-state index in [4.69, 9.17) is 9.15 Å². The Morgan fingerprint density at radius 3 is 2.48 bits per heavy atom. The molecule has 1 atom stereocenters. The van der Waals surface area contributed by atoms with E-state index < -0.39 is 6.04 Å². The molecular weight excluding hydrogens is 436 g/mol. The van der Waals surface area contributed by atoms with Gasteiger partial charge in [-0.3, -0.25) is 9.59 Å². The van der Waals surface area contributed by atoms with E-state index in [0.717, 1.165) is 37.0 Å². The monoisotopic (exact) mass is 466 g/mol. The Labute approximate surface area is 198 Å². The normalized spacial score (nSPS) is 15.1. The maximum absolute atomic E-state index is 13.6. The molecule has 1 saturated carbocycles. The highest BCUT2D eigenvalue weighted by Crippen LogP contribution is 2.29. The maximum Gasteiger partial charge on any atom is 0.265 e. The van der Waals surface area contributed by atoms with Crippen LogP contribution in [-0.2, 0) is 11.3 Å². The molecule has 0 spiro atoms. The Kier molecular flexibility index (Phi) is 7.50. The molecule has 1 N–H and O–H groups in total. The molecule has 0 radical (unpaired) electrons. The van der Waals surface area contributed by atoms with Crippen molar-refractivity contribution in [1.29, 1.82) is 0 Å². The zero-order chi connectivity index (χ0) is 23.2. The highest BCUT2D eigenvalue weighted by Gasteiger charge is 2.36. The largest absolute Gasteiger partial charge is 0.497 e. The van der Waals surface area contributed by atoms with Crippen molar-refractivity contribution in [2.75, 3.05) is 7.11 Å². The Balaban J connectivity index is 1.69. The zero-order valence-electron chi connectivity index (χ0n) is 19.1. The molecule has 1 aliphatic carbocycles. The molecular formula is C26H30N2O4S. The van der Waals surface area contributed by atoms with Crippen molar-refractivity contribution in [3.63, 3.8) is 0 Å². The summed E-state index contributed by atoms with van der Waals surface area (Å²) in [7, 11) is 1.62. The van der Waals surface area contributed by atoms with E-state index in [2.05, 4.69) is 5.32 Å². The molecule has 2 amide bonds. The third-order valence-corrected chi connectivity index (χ3v) is 6.90. The van der Waals surface area contributed by atoms with Gasteiger partial charge in [0.25, 0.3) is 11.8 Å². The number of ether oxygens (including phenoxy) is 1. The molecule has 174 valence electrons.